The molecule has 0 saturated carbocycles. The van der Waals surface area contributed by atoms with Gasteiger partial charge in [0.25, 0.3) is 0 Å². The molecule has 3 N–H and O–H groups in total. The molecule has 0 spiro atoms. The first kappa shape index (κ1) is 100.0. The third-order valence-corrected chi connectivity index (χ3v) is 19.4. The Morgan fingerprint density at radius 3 is 0.798 bits per heavy atom. The summed E-state index contributed by atoms with van der Waals surface area (Å²) in [6, 6.07) is 0. The normalized spacial score (nSPS) is 14.3. The summed E-state index contributed by atoms with van der Waals surface area (Å²) < 4.78 is 68.7. The topological polar surface area (TPSA) is 237 Å². The molecule has 0 aromatic heterocycles. The highest BCUT2D eigenvalue weighted by atomic mass is 31.2. The van der Waals surface area contributed by atoms with Gasteiger partial charge in [-0.3, -0.25) is 37.3 Å². The Hall–Kier alpha value is -4.02. The molecule has 0 aromatic carbocycles. The molecule has 5 atom stereocenters. The molecule has 0 radical (unpaired) electrons. The molecule has 0 rings (SSSR count). The fourth-order valence-electron chi connectivity index (χ4n) is 11.2. The van der Waals surface area contributed by atoms with Gasteiger partial charge in [0.1, 0.15) is 19.3 Å². The lowest BCUT2D eigenvalue weighted by molar-refractivity contribution is -0.161. The van der Waals surface area contributed by atoms with E-state index in [2.05, 4.69) is 125 Å². The number of phosphoric ester groups is 2. The molecule has 0 saturated heterocycles. The van der Waals surface area contributed by atoms with E-state index in [-0.39, 0.29) is 25.7 Å². The van der Waals surface area contributed by atoms with Crippen molar-refractivity contribution in [2.24, 2.45) is 0 Å². The number of aliphatic hydroxyl groups excluding tert-OH is 1. The van der Waals surface area contributed by atoms with E-state index in [9.17, 15) is 43.2 Å². The van der Waals surface area contributed by atoms with Crippen LogP contribution in [0.15, 0.2) is 97.2 Å². The zero-order chi connectivity index (χ0) is 76.0. The summed E-state index contributed by atoms with van der Waals surface area (Å²) in [6.07, 6.45) is 82.3. The second kappa shape index (κ2) is 77.1. The number of allylic oxidation sites excluding steroid dienone is 16. The maximum Gasteiger partial charge on any atom is 0.472 e. The molecule has 2 unspecified atom stereocenters. The zero-order valence-corrected chi connectivity index (χ0v) is 67.7. The number of ether oxygens (including phenoxy) is 4. The Labute approximate surface area is 633 Å². The van der Waals surface area contributed by atoms with Gasteiger partial charge in [-0.25, -0.2) is 9.13 Å². The lowest BCUT2D eigenvalue weighted by Crippen LogP contribution is -2.30. The van der Waals surface area contributed by atoms with Crippen LogP contribution < -0.4 is 0 Å². The van der Waals surface area contributed by atoms with Crippen LogP contribution in [0.5, 0.6) is 0 Å². The van der Waals surface area contributed by atoms with Crippen LogP contribution in [0.25, 0.3) is 0 Å². The number of hydrogen-bond donors (Lipinski definition) is 3. The number of phosphoric acid groups is 2. The minimum Gasteiger partial charge on any atom is -0.462 e. The number of esters is 4. The molecule has 19 heteroatoms. The van der Waals surface area contributed by atoms with E-state index in [0.29, 0.717) is 25.7 Å². The van der Waals surface area contributed by atoms with Gasteiger partial charge in [-0.1, -0.05) is 285 Å². The van der Waals surface area contributed by atoms with Gasteiger partial charge in [0.05, 0.1) is 26.4 Å². The molecular weight excluding hydrogens is 1350 g/mol. The first-order valence-electron chi connectivity index (χ1n) is 41.5. The Morgan fingerprint density at radius 2 is 0.500 bits per heavy atom. The molecule has 0 aromatic rings. The van der Waals surface area contributed by atoms with Crippen molar-refractivity contribution < 1.29 is 80.2 Å². The summed E-state index contributed by atoms with van der Waals surface area (Å²) in [5.74, 6) is -2.21. The molecule has 0 aliphatic heterocycles. The van der Waals surface area contributed by atoms with E-state index >= 15 is 0 Å². The number of rotatable bonds is 78. The third kappa shape index (κ3) is 76.2. The summed E-state index contributed by atoms with van der Waals surface area (Å²) in [6.45, 7) is 4.73. The fourth-order valence-corrected chi connectivity index (χ4v) is 12.8. The average Bonchev–Trinajstić information content (AvgIpc) is 0.943. The van der Waals surface area contributed by atoms with Gasteiger partial charge in [0.2, 0.25) is 0 Å². The SMILES string of the molecule is CC/C=C\C/C=C\C/C=C\C/C=C\C/C=C\CCCCCC(=O)O[C@H](COC(=O)CCCCCCCCC/C=C\CCCCCC)COP(=O)(O)OC[C@H](O)COP(=O)(O)OC[C@@H](COC(=O)CCCCCCC/C=C\CCCCCCCC)OC(=O)CCCCCCCCC/C=C\CCCCCC. The molecule has 0 fully saturated rings. The number of unbranched alkanes of at least 4 members (excludes halogenated alkanes) is 36. The Kier molecular flexibility index (Phi) is 74.2. The molecule has 17 nitrogen and oxygen atoms in total. The number of carbonyl (C=O) groups excluding carboxylic acids is 4. The number of aliphatic hydroxyl groups is 1. The minimum absolute atomic E-state index is 0.0553. The van der Waals surface area contributed by atoms with Crippen LogP contribution in [-0.4, -0.2) is 96.7 Å². The monoisotopic (exact) mass is 1510 g/mol. The van der Waals surface area contributed by atoms with Gasteiger partial charge >= 0.3 is 39.5 Å². The lowest BCUT2D eigenvalue weighted by Gasteiger charge is -2.21. The van der Waals surface area contributed by atoms with Crippen molar-refractivity contribution in [2.45, 2.75) is 380 Å². The highest BCUT2D eigenvalue weighted by Gasteiger charge is 2.30. The Balaban J connectivity index is 5.40. The molecule has 0 amide bonds. The first-order chi connectivity index (χ1) is 50.7. The van der Waals surface area contributed by atoms with Crippen molar-refractivity contribution in [3.8, 4) is 0 Å². The van der Waals surface area contributed by atoms with Crippen molar-refractivity contribution in [3.05, 3.63) is 97.2 Å². The van der Waals surface area contributed by atoms with Gasteiger partial charge in [0.15, 0.2) is 12.2 Å². The highest BCUT2D eigenvalue weighted by Crippen LogP contribution is 2.45. The van der Waals surface area contributed by atoms with Gasteiger partial charge in [-0.15, -0.1) is 0 Å². The van der Waals surface area contributed by atoms with Crippen molar-refractivity contribution in [1.29, 1.82) is 0 Å². The van der Waals surface area contributed by atoms with Crippen LogP contribution in [0.2, 0.25) is 0 Å². The summed E-state index contributed by atoms with van der Waals surface area (Å²) >= 11 is 0. The maximum absolute atomic E-state index is 13.1. The smallest absolute Gasteiger partial charge is 0.462 e. The van der Waals surface area contributed by atoms with E-state index in [1.807, 2.05) is 0 Å². The van der Waals surface area contributed by atoms with Gasteiger partial charge < -0.3 is 33.8 Å². The third-order valence-electron chi connectivity index (χ3n) is 17.5. The summed E-state index contributed by atoms with van der Waals surface area (Å²) in [4.78, 5) is 73.1. The van der Waals surface area contributed by atoms with Gasteiger partial charge in [-0.05, 0) is 148 Å². The summed E-state index contributed by atoms with van der Waals surface area (Å²) in [5.41, 5.74) is 0. The Bertz CT molecular complexity index is 2350. The van der Waals surface area contributed by atoms with Crippen molar-refractivity contribution >= 4 is 39.5 Å². The van der Waals surface area contributed by atoms with Crippen LogP contribution in [0.3, 0.4) is 0 Å². The molecule has 0 heterocycles. The Morgan fingerprint density at radius 1 is 0.279 bits per heavy atom. The average molecular weight is 1510 g/mol. The van der Waals surface area contributed by atoms with Crippen LogP contribution in [0.4, 0.5) is 0 Å². The highest BCUT2D eigenvalue weighted by molar-refractivity contribution is 7.47. The van der Waals surface area contributed by atoms with E-state index in [4.69, 9.17) is 37.0 Å². The van der Waals surface area contributed by atoms with Crippen molar-refractivity contribution in [1.82, 2.24) is 0 Å². The quantitative estimate of drug-likeness (QED) is 0.0169. The van der Waals surface area contributed by atoms with Crippen LogP contribution >= 0.6 is 15.6 Å². The van der Waals surface area contributed by atoms with Crippen molar-refractivity contribution in [2.75, 3.05) is 39.6 Å². The summed E-state index contributed by atoms with van der Waals surface area (Å²) in [7, 11) is -9.97. The van der Waals surface area contributed by atoms with Gasteiger partial charge in [0, 0.05) is 25.7 Å². The van der Waals surface area contributed by atoms with Crippen LogP contribution in [0, 0.1) is 0 Å². The summed E-state index contributed by atoms with van der Waals surface area (Å²) in [5, 5.41) is 10.7. The maximum atomic E-state index is 13.1. The first-order valence-corrected chi connectivity index (χ1v) is 44.5. The second-order valence-corrected chi connectivity index (χ2v) is 30.6. The van der Waals surface area contributed by atoms with E-state index in [1.54, 1.807) is 0 Å². The minimum atomic E-state index is -4.99. The lowest BCUT2D eigenvalue weighted by atomic mass is 10.1. The second-order valence-electron chi connectivity index (χ2n) is 27.7. The van der Waals surface area contributed by atoms with E-state index in [1.165, 1.54) is 103 Å². The number of hydrogen-bond acceptors (Lipinski definition) is 15. The molecule has 602 valence electrons. The zero-order valence-electron chi connectivity index (χ0n) is 65.9. The van der Waals surface area contributed by atoms with Crippen LogP contribution in [-0.2, 0) is 65.4 Å². The predicted molar refractivity (Wildman–Crippen MR) is 427 cm³/mol. The largest absolute Gasteiger partial charge is 0.472 e. The number of carbonyl (C=O) groups is 4. The molecule has 0 aliphatic rings. The van der Waals surface area contributed by atoms with E-state index in [0.717, 1.165) is 180 Å². The molecule has 0 bridgehead atoms. The molecule has 0 aliphatic carbocycles. The fraction of sp³-hybridized carbons (Fsp3) is 0.765. The van der Waals surface area contributed by atoms with Gasteiger partial charge in [-0.2, -0.15) is 0 Å². The standard InChI is InChI=1S/C85H150O17P2/c1-5-9-13-17-21-25-29-33-37-38-39-40-44-48-52-56-60-64-68-72-85(90)102-81(76-96-83(88)70-66-62-58-54-50-46-42-35-31-27-23-19-15-11-7-3)78-100-104(93,94)98-74-79(86)73-97-103(91,92)99-77-80(101-84(89)71-67-63-59-55-51-47-43-36-32-28-24-20-16-12-8-4)75-95-82(87)69-65-61-57-53-49-45-41-34-30-26-22-18-14-10-6-2/h9,13,21,25,27-28,31-34,37,39-41,48,52,79-81,86H,5-8,10-12,14-20,22-24,26,29-30,35-36,38,42-47,49-51,53-78H2,1-4H3,(H,91,92)(H,93,94)/b13-9-,25-21-,31-27-,32-28-,37-33-,40-39-,41-34-,52-48-/t79-,80-,81-/m1/s1. The molecule has 104 heavy (non-hydrogen) atoms. The predicted octanol–water partition coefficient (Wildman–Crippen LogP) is 24.3. The van der Waals surface area contributed by atoms with E-state index < -0.39 is 97.5 Å². The van der Waals surface area contributed by atoms with Crippen molar-refractivity contribution in [3.63, 3.8) is 0 Å². The molecular formula is C85H150O17P2. The van der Waals surface area contributed by atoms with Crippen LogP contribution in [0.1, 0.15) is 362 Å².